The van der Waals surface area contributed by atoms with Gasteiger partial charge in [-0.2, -0.15) is 0 Å². The van der Waals surface area contributed by atoms with Gasteiger partial charge in [-0.25, -0.2) is 4.39 Å². The van der Waals surface area contributed by atoms with E-state index in [0.29, 0.717) is 17.4 Å². The molecule has 1 aromatic rings. The fourth-order valence-electron chi connectivity index (χ4n) is 2.28. The summed E-state index contributed by atoms with van der Waals surface area (Å²) in [5.41, 5.74) is 5.99. The zero-order chi connectivity index (χ0) is 11.5. The predicted molar refractivity (Wildman–Crippen MR) is 62.9 cm³/mol. The Bertz CT molecular complexity index is 347. The van der Waals surface area contributed by atoms with Crippen LogP contribution in [-0.2, 0) is 0 Å². The molecule has 2 nitrogen and oxygen atoms in total. The third-order valence-electron chi connectivity index (χ3n) is 3.21. The smallest absolute Gasteiger partial charge is 0.128 e. The summed E-state index contributed by atoms with van der Waals surface area (Å²) in [6, 6.07) is 4.39. The molecule has 1 aromatic carbocycles. The number of halogens is 1. The van der Waals surface area contributed by atoms with Crippen LogP contribution in [0.15, 0.2) is 18.2 Å². The molecule has 0 spiro atoms. The fourth-order valence-corrected chi connectivity index (χ4v) is 2.28. The molecular weight excluding hydrogens is 205 g/mol. The zero-order valence-corrected chi connectivity index (χ0v) is 9.58. The van der Waals surface area contributed by atoms with Crippen LogP contribution in [0, 0.1) is 11.7 Å². The summed E-state index contributed by atoms with van der Waals surface area (Å²) in [6.07, 6.45) is 4.91. The van der Waals surface area contributed by atoms with E-state index in [4.69, 9.17) is 10.5 Å². The molecule has 1 aliphatic rings. The number of hydrogen-bond acceptors (Lipinski definition) is 2. The zero-order valence-electron chi connectivity index (χ0n) is 9.58. The van der Waals surface area contributed by atoms with Crippen molar-refractivity contribution in [1.29, 1.82) is 0 Å². The van der Waals surface area contributed by atoms with Gasteiger partial charge in [-0.1, -0.05) is 13.3 Å². The van der Waals surface area contributed by atoms with Gasteiger partial charge in [0, 0.05) is 17.8 Å². The molecule has 0 saturated heterocycles. The number of nitrogens with two attached hydrogens (primary N) is 1. The maximum absolute atomic E-state index is 13.1. The monoisotopic (exact) mass is 223 g/mol. The van der Waals surface area contributed by atoms with Gasteiger partial charge >= 0.3 is 0 Å². The maximum atomic E-state index is 13.1. The first-order valence-corrected chi connectivity index (χ1v) is 5.88. The molecule has 0 heterocycles. The van der Waals surface area contributed by atoms with E-state index in [9.17, 15) is 4.39 Å². The number of anilines is 1. The van der Waals surface area contributed by atoms with Crippen LogP contribution < -0.4 is 10.5 Å². The van der Waals surface area contributed by atoms with Crippen LogP contribution in [0.5, 0.6) is 5.75 Å². The lowest BCUT2D eigenvalue weighted by Gasteiger charge is -2.29. The van der Waals surface area contributed by atoms with Crippen molar-refractivity contribution in [2.45, 2.75) is 38.7 Å². The van der Waals surface area contributed by atoms with Crippen LogP contribution in [0.4, 0.5) is 10.1 Å². The van der Waals surface area contributed by atoms with E-state index in [2.05, 4.69) is 6.92 Å². The number of hydrogen-bond donors (Lipinski definition) is 1. The van der Waals surface area contributed by atoms with E-state index in [1.54, 1.807) is 6.07 Å². The SMILES string of the molecule is CC1CCCCC1Oc1cc(N)cc(F)c1. The highest BCUT2D eigenvalue weighted by atomic mass is 19.1. The van der Waals surface area contributed by atoms with Crippen LogP contribution in [0.2, 0.25) is 0 Å². The second-order valence-corrected chi connectivity index (χ2v) is 4.64. The van der Waals surface area contributed by atoms with Crippen molar-refractivity contribution in [3.05, 3.63) is 24.0 Å². The summed E-state index contributed by atoms with van der Waals surface area (Å²) in [5.74, 6) is 0.757. The van der Waals surface area contributed by atoms with E-state index >= 15 is 0 Å². The summed E-state index contributed by atoms with van der Waals surface area (Å²) in [5, 5.41) is 0. The highest BCUT2D eigenvalue weighted by Gasteiger charge is 2.22. The Balaban J connectivity index is 2.07. The Morgan fingerprint density at radius 3 is 2.69 bits per heavy atom. The lowest BCUT2D eigenvalue weighted by molar-refractivity contribution is 0.102. The largest absolute Gasteiger partial charge is 0.490 e. The molecule has 16 heavy (non-hydrogen) atoms. The van der Waals surface area contributed by atoms with Gasteiger partial charge in [-0.15, -0.1) is 0 Å². The second-order valence-electron chi connectivity index (χ2n) is 4.64. The minimum atomic E-state index is -0.335. The summed E-state index contributed by atoms with van der Waals surface area (Å²) in [7, 11) is 0. The molecule has 0 amide bonds. The van der Waals surface area contributed by atoms with Crippen molar-refractivity contribution < 1.29 is 9.13 Å². The van der Waals surface area contributed by atoms with Crippen molar-refractivity contribution >= 4 is 5.69 Å². The summed E-state index contributed by atoms with van der Waals surface area (Å²) < 4.78 is 18.9. The molecular formula is C13H18FNO. The molecule has 2 N–H and O–H groups in total. The quantitative estimate of drug-likeness (QED) is 0.780. The lowest BCUT2D eigenvalue weighted by Crippen LogP contribution is -2.28. The number of rotatable bonds is 2. The molecule has 0 radical (unpaired) electrons. The summed E-state index contributed by atoms with van der Waals surface area (Å²) in [6.45, 7) is 2.19. The normalized spacial score (nSPS) is 25.4. The van der Waals surface area contributed by atoms with Crippen LogP contribution >= 0.6 is 0 Å². The van der Waals surface area contributed by atoms with Crippen LogP contribution in [0.3, 0.4) is 0 Å². The molecule has 0 aromatic heterocycles. The van der Waals surface area contributed by atoms with E-state index in [1.165, 1.54) is 31.4 Å². The molecule has 0 aliphatic heterocycles. The number of nitrogen functional groups attached to an aromatic ring is 1. The Morgan fingerprint density at radius 1 is 1.25 bits per heavy atom. The van der Waals surface area contributed by atoms with Gasteiger partial charge in [0.1, 0.15) is 17.7 Å². The van der Waals surface area contributed by atoms with E-state index in [0.717, 1.165) is 6.42 Å². The van der Waals surface area contributed by atoms with E-state index < -0.39 is 0 Å². The van der Waals surface area contributed by atoms with Gasteiger partial charge in [0.15, 0.2) is 0 Å². The molecule has 2 rings (SSSR count). The minimum absolute atomic E-state index is 0.204. The van der Waals surface area contributed by atoms with Crippen molar-refractivity contribution in [3.63, 3.8) is 0 Å². The molecule has 88 valence electrons. The number of ether oxygens (including phenoxy) is 1. The maximum Gasteiger partial charge on any atom is 0.128 e. The lowest BCUT2D eigenvalue weighted by atomic mass is 9.88. The van der Waals surface area contributed by atoms with Crippen LogP contribution in [0.25, 0.3) is 0 Å². The molecule has 3 heteroatoms. The Morgan fingerprint density at radius 2 is 2.00 bits per heavy atom. The van der Waals surface area contributed by atoms with Crippen molar-refractivity contribution in [2.75, 3.05) is 5.73 Å². The van der Waals surface area contributed by atoms with Crippen LogP contribution in [-0.4, -0.2) is 6.10 Å². The third kappa shape index (κ3) is 2.65. The van der Waals surface area contributed by atoms with Gasteiger partial charge in [-0.3, -0.25) is 0 Å². The molecule has 1 saturated carbocycles. The van der Waals surface area contributed by atoms with Crippen molar-refractivity contribution in [1.82, 2.24) is 0 Å². The first kappa shape index (κ1) is 11.2. The third-order valence-corrected chi connectivity index (χ3v) is 3.21. The highest BCUT2D eigenvalue weighted by molar-refractivity contribution is 5.44. The summed E-state index contributed by atoms with van der Waals surface area (Å²) >= 11 is 0. The Hall–Kier alpha value is -1.25. The molecule has 1 aliphatic carbocycles. The molecule has 2 unspecified atom stereocenters. The van der Waals surface area contributed by atoms with E-state index in [-0.39, 0.29) is 11.9 Å². The van der Waals surface area contributed by atoms with Gasteiger partial charge in [0.2, 0.25) is 0 Å². The van der Waals surface area contributed by atoms with Crippen LogP contribution in [0.1, 0.15) is 32.6 Å². The molecule has 2 atom stereocenters. The van der Waals surface area contributed by atoms with Gasteiger partial charge in [0.05, 0.1) is 0 Å². The Kier molecular flexibility index (Phi) is 3.32. The predicted octanol–water partition coefficient (Wildman–Crippen LogP) is 3.37. The minimum Gasteiger partial charge on any atom is -0.490 e. The van der Waals surface area contributed by atoms with Gasteiger partial charge in [-0.05, 0) is 31.2 Å². The first-order chi connectivity index (χ1) is 7.65. The van der Waals surface area contributed by atoms with Gasteiger partial charge < -0.3 is 10.5 Å². The molecule has 1 fully saturated rings. The summed E-state index contributed by atoms with van der Waals surface area (Å²) in [4.78, 5) is 0. The van der Waals surface area contributed by atoms with Crippen molar-refractivity contribution in [2.24, 2.45) is 5.92 Å². The first-order valence-electron chi connectivity index (χ1n) is 5.88. The standard InChI is InChI=1S/C13H18FNO/c1-9-4-2-3-5-13(9)16-12-7-10(14)6-11(15)8-12/h6-9,13H,2-5,15H2,1H3. The second kappa shape index (κ2) is 4.73. The average molecular weight is 223 g/mol. The highest BCUT2D eigenvalue weighted by Crippen LogP contribution is 2.29. The van der Waals surface area contributed by atoms with Gasteiger partial charge in [0.25, 0.3) is 0 Å². The fraction of sp³-hybridized carbons (Fsp3) is 0.538. The average Bonchev–Trinajstić information content (AvgIpc) is 2.20. The topological polar surface area (TPSA) is 35.2 Å². The van der Waals surface area contributed by atoms with Crippen molar-refractivity contribution in [3.8, 4) is 5.75 Å². The van der Waals surface area contributed by atoms with E-state index in [1.807, 2.05) is 0 Å². The Labute approximate surface area is 95.6 Å². The number of benzene rings is 1. The molecule has 0 bridgehead atoms.